The molecule has 0 fully saturated rings. The van der Waals surface area contributed by atoms with Crippen LogP contribution in [0.3, 0.4) is 0 Å². The number of ether oxygens (including phenoxy) is 1. The maximum atomic E-state index is 12.7. The van der Waals surface area contributed by atoms with Crippen molar-refractivity contribution in [2.24, 2.45) is 0 Å². The lowest BCUT2D eigenvalue weighted by Gasteiger charge is -2.07. The number of carbonyl (C=O) groups excluding carboxylic acids is 1. The molecule has 0 aliphatic rings. The molecule has 0 radical (unpaired) electrons. The van der Waals surface area contributed by atoms with E-state index < -0.39 is 17.9 Å². The van der Waals surface area contributed by atoms with Crippen LogP contribution in [0.4, 0.5) is 10.1 Å². The van der Waals surface area contributed by atoms with Gasteiger partial charge in [0.25, 0.3) is 0 Å². The van der Waals surface area contributed by atoms with Crippen LogP contribution in [0.25, 0.3) is 0 Å². The van der Waals surface area contributed by atoms with Crippen molar-refractivity contribution in [3.8, 4) is 6.07 Å². The number of halogens is 1. The van der Waals surface area contributed by atoms with Crippen LogP contribution in [0, 0.1) is 17.1 Å². The minimum atomic E-state index is -0.859. The molecule has 5 heteroatoms. The molecule has 1 unspecified atom stereocenters. The van der Waals surface area contributed by atoms with Crippen molar-refractivity contribution >= 4 is 11.7 Å². The van der Waals surface area contributed by atoms with Crippen LogP contribution < -0.4 is 5.73 Å². The van der Waals surface area contributed by atoms with E-state index in [0.717, 1.165) is 12.1 Å². The zero-order chi connectivity index (χ0) is 11.4. The minimum Gasteiger partial charge on any atom is -0.444 e. The maximum Gasteiger partial charge on any atom is 0.341 e. The number of benzene rings is 1. The monoisotopic (exact) mass is 208 g/mol. The van der Waals surface area contributed by atoms with Gasteiger partial charge in [-0.05, 0) is 25.1 Å². The predicted octanol–water partition coefficient (Wildman–Crippen LogP) is 1.48. The summed E-state index contributed by atoms with van der Waals surface area (Å²) in [6.07, 6.45) is -0.859. The summed E-state index contributed by atoms with van der Waals surface area (Å²) in [5.74, 6) is -1.26. The molecule has 0 saturated carbocycles. The highest BCUT2D eigenvalue weighted by Crippen LogP contribution is 2.15. The highest BCUT2D eigenvalue weighted by molar-refractivity contribution is 5.95. The Kier molecular flexibility index (Phi) is 3.24. The Labute approximate surface area is 86.1 Å². The Hall–Kier alpha value is -2.09. The van der Waals surface area contributed by atoms with E-state index >= 15 is 0 Å². The normalized spacial score (nSPS) is 11.5. The number of nitrogens with two attached hydrogens (primary N) is 1. The number of hydrogen-bond acceptors (Lipinski definition) is 4. The average Bonchev–Trinajstić information content (AvgIpc) is 2.17. The second-order valence-corrected chi connectivity index (χ2v) is 2.91. The van der Waals surface area contributed by atoms with Crippen LogP contribution in [-0.4, -0.2) is 12.1 Å². The summed E-state index contributed by atoms with van der Waals surface area (Å²) >= 11 is 0. The van der Waals surface area contributed by atoms with E-state index in [9.17, 15) is 9.18 Å². The molecule has 0 aliphatic carbocycles. The Balaban J connectivity index is 2.88. The second-order valence-electron chi connectivity index (χ2n) is 2.91. The molecule has 1 atom stereocenters. The molecule has 0 heterocycles. The molecule has 0 spiro atoms. The fraction of sp³-hybridized carbons (Fsp3) is 0.200. The van der Waals surface area contributed by atoms with E-state index in [1.807, 2.05) is 0 Å². The Morgan fingerprint density at radius 1 is 1.67 bits per heavy atom. The molecular formula is C10H9FN2O2. The fourth-order valence-electron chi connectivity index (χ4n) is 0.970. The molecular weight excluding hydrogens is 199 g/mol. The van der Waals surface area contributed by atoms with Crippen molar-refractivity contribution in [3.05, 3.63) is 29.6 Å². The number of anilines is 1. The third kappa shape index (κ3) is 2.68. The maximum absolute atomic E-state index is 12.7. The van der Waals surface area contributed by atoms with E-state index in [4.69, 9.17) is 15.7 Å². The number of nitrogens with zero attached hydrogens (tertiary/aromatic N) is 1. The first kappa shape index (κ1) is 11.0. The number of nitriles is 1. The topological polar surface area (TPSA) is 76.1 Å². The van der Waals surface area contributed by atoms with Crippen LogP contribution in [0.1, 0.15) is 17.3 Å². The van der Waals surface area contributed by atoms with Crippen LogP contribution in [0.5, 0.6) is 0 Å². The van der Waals surface area contributed by atoms with Crippen LogP contribution in [-0.2, 0) is 4.74 Å². The van der Waals surface area contributed by atoms with Crippen molar-refractivity contribution < 1.29 is 13.9 Å². The lowest BCUT2D eigenvalue weighted by Crippen LogP contribution is -2.14. The lowest BCUT2D eigenvalue weighted by atomic mass is 10.2. The number of nitrogen functional groups attached to an aromatic ring is 1. The molecule has 1 aromatic rings. The molecule has 78 valence electrons. The van der Waals surface area contributed by atoms with Gasteiger partial charge in [-0.1, -0.05) is 0 Å². The van der Waals surface area contributed by atoms with Gasteiger partial charge >= 0.3 is 5.97 Å². The number of carbonyl (C=O) groups is 1. The third-order valence-corrected chi connectivity index (χ3v) is 1.70. The second kappa shape index (κ2) is 4.42. The highest BCUT2D eigenvalue weighted by Gasteiger charge is 2.14. The van der Waals surface area contributed by atoms with Crippen molar-refractivity contribution in [1.82, 2.24) is 0 Å². The Morgan fingerprint density at radius 3 is 2.87 bits per heavy atom. The molecule has 0 aromatic heterocycles. The summed E-state index contributed by atoms with van der Waals surface area (Å²) < 4.78 is 17.4. The molecule has 1 aromatic carbocycles. The van der Waals surface area contributed by atoms with Gasteiger partial charge < -0.3 is 10.5 Å². The smallest absolute Gasteiger partial charge is 0.341 e. The molecule has 0 amide bonds. The van der Waals surface area contributed by atoms with E-state index in [-0.39, 0.29) is 11.3 Å². The van der Waals surface area contributed by atoms with Gasteiger partial charge in [-0.15, -0.1) is 0 Å². The first-order chi connectivity index (χ1) is 7.04. The van der Waals surface area contributed by atoms with Crippen molar-refractivity contribution in [2.45, 2.75) is 13.0 Å². The van der Waals surface area contributed by atoms with Gasteiger partial charge in [0.15, 0.2) is 6.10 Å². The quantitative estimate of drug-likeness (QED) is 0.589. The van der Waals surface area contributed by atoms with Gasteiger partial charge in [-0.25, -0.2) is 9.18 Å². The fourth-order valence-corrected chi connectivity index (χ4v) is 0.970. The summed E-state index contributed by atoms with van der Waals surface area (Å²) in [7, 11) is 0. The minimum absolute atomic E-state index is 0.00913. The largest absolute Gasteiger partial charge is 0.444 e. The first-order valence-corrected chi connectivity index (χ1v) is 4.20. The summed E-state index contributed by atoms with van der Waals surface area (Å²) in [5.41, 5.74) is 5.46. The average molecular weight is 208 g/mol. The van der Waals surface area contributed by atoms with Gasteiger partial charge in [0.05, 0.1) is 5.56 Å². The number of rotatable bonds is 2. The first-order valence-electron chi connectivity index (χ1n) is 4.20. The summed E-state index contributed by atoms with van der Waals surface area (Å²) in [6, 6.07) is 5.08. The van der Waals surface area contributed by atoms with Crippen molar-refractivity contribution in [3.63, 3.8) is 0 Å². The van der Waals surface area contributed by atoms with E-state index in [1.165, 1.54) is 13.0 Å². The van der Waals surface area contributed by atoms with Gasteiger partial charge in [0.2, 0.25) is 0 Å². The summed E-state index contributed by atoms with van der Waals surface area (Å²) in [4.78, 5) is 11.4. The highest BCUT2D eigenvalue weighted by atomic mass is 19.1. The molecule has 2 N–H and O–H groups in total. The van der Waals surface area contributed by atoms with Gasteiger partial charge in [-0.2, -0.15) is 5.26 Å². The lowest BCUT2D eigenvalue weighted by molar-refractivity contribution is 0.0437. The molecule has 0 aliphatic heterocycles. The predicted molar refractivity (Wildman–Crippen MR) is 51.3 cm³/mol. The third-order valence-electron chi connectivity index (χ3n) is 1.70. The van der Waals surface area contributed by atoms with Crippen molar-refractivity contribution in [1.29, 1.82) is 5.26 Å². The van der Waals surface area contributed by atoms with Crippen molar-refractivity contribution in [2.75, 3.05) is 5.73 Å². The number of esters is 1. The van der Waals surface area contributed by atoms with Gasteiger partial charge in [-0.3, -0.25) is 0 Å². The molecule has 1 rings (SSSR count). The molecule has 4 nitrogen and oxygen atoms in total. The van der Waals surface area contributed by atoms with Crippen LogP contribution in [0.15, 0.2) is 18.2 Å². The van der Waals surface area contributed by atoms with Gasteiger partial charge in [0, 0.05) is 5.69 Å². The standard InChI is InChI=1S/C10H9FN2O2/c1-6(5-12)15-10(14)8-3-2-7(11)4-9(8)13/h2-4,6H,13H2,1H3. The molecule has 0 saturated heterocycles. The SMILES string of the molecule is CC(C#N)OC(=O)c1ccc(F)cc1N. The zero-order valence-corrected chi connectivity index (χ0v) is 8.03. The molecule has 15 heavy (non-hydrogen) atoms. The summed E-state index contributed by atoms with van der Waals surface area (Å²) in [5, 5.41) is 8.43. The van der Waals surface area contributed by atoms with Crippen LogP contribution >= 0.6 is 0 Å². The van der Waals surface area contributed by atoms with Gasteiger partial charge in [0.1, 0.15) is 11.9 Å². The van der Waals surface area contributed by atoms with E-state index in [1.54, 1.807) is 6.07 Å². The summed E-state index contributed by atoms with van der Waals surface area (Å²) in [6.45, 7) is 1.43. The Morgan fingerprint density at radius 2 is 2.33 bits per heavy atom. The zero-order valence-electron chi connectivity index (χ0n) is 8.03. The van der Waals surface area contributed by atoms with E-state index in [0.29, 0.717) is 0 Å². The molecule has 0 bridgehead atoms. The number of hydrogen-bond donors (Lipinski definition) is 1. The van der Waals surface area contributed by atoms with Crippen LogP contribution in [0.2, 0.25) is 0 Å². The van der Waals surface area contributed by atoms with E-state index in [2.05, 4.69) is 0 Å². The Bertz CT molecular complexity index is 426.